The molecule has 0 N–H and O–H groups in total. The Morgan fingerprint density at radius 3 is 2.88 bits per heavy atom. The van der Waals surface area contributed by atoms with Crippen molar-refractivity contribution in [3.8, 4) is 0 Å². The predicted octanol–water partition coefficient (Wildman–Crippen LogP) is 4.58. The molecule has 0 heterocycles. The molecule has 0 saturated heterocycles. The number of rotatable bonds is 0. The van der Waals surface area contributed by atoms with E-state index in [2.05, 4.69) is 18.9 Å². The van der Waals surface area contributed by atoms with E-state index in [9.17, 15) is 0 Å². The minimum absolute atomic E-state index is 0.986. The van der Waals surface area contributed by atoms with Crippen molar-refractivity contribution in [1.82, 2.24) is 0 Å². The van der Waals surface area contributed by atoms with E-state index in [0.29, 0.717) is 0 Å². The Morgan fingerprint density at radius 1 is 0.882 bits per heavy atom. The first kappa shape index (κ1) is 10.6. The van der Waals surface area contributed by atoms with Crippen molar-refractivity contribution in [2.75, 3.05) is 0 Å². The molecule has 4 aliphatic carbocycles. The molecule has 5 unspecified atom stereocenters. The zero-order chi connectivity index (χ0) is 11.2. The smallest absolute Gasteiger partial charge is 0.0172 e. The number of fused-ring (bicyclic) bond motifs is 5. The van der Waals surface area contributed by atoms with Crippen molar-refractivity contribution < 1.29 is 0 Å². The molecule has 0 amide bonds. The summed E-state index contributed by atoms with van der Waals surface area (Å²) in [6.07, 6.45) is 19.3. The van der Waals surface area contributed by atoms with E-state index in [4.69, 9.17) is 0 Å². The Balaban J connectivity index is 1.62. The number of hydrogen-bond acceptors (Lipinski definition) is 0. The summed E-state index contributed by atoms with van der Waals surface area (Å²) in [4.78, 5) is 0. The highest BCUT2D eigenvalue weighted by molar-refractivity contribution is 5.20. The summed E-state index contributed by atoms with van der Waals surface area (Å²) in [7, 11) is 0. The summed E-state index contributed by atoms with van der Waals surface area (Å²) in [5.41, 5.74) is 1.82. The first-order valence-corrected chi connectivity index (χ1v) is 7.77. The second-order valence-corrected chi connectivity index (χ2v) is 6.74. The molecule has 0 aromatic heterocycles. The molecular weight excluding hydrogens is 204 g/mol. The van der Waals surface area contributed by atoms with Crippen LogP contribution in [0.5, 0.6) is 0 Å². The zero-order valence-corrected chi connectivity index (χ0v) is 10.8. The molecule has 0 spiro atoms. The Labute approximate surface area is 106 Å². The molecule has 0 aromatic rings. The molecule has 3 saturated carbocycles. The Morgan fingerprint density at radius 2 is 1.88 bits per heavy atom. The summed E-state index contributed by atoms with van der Waals surface area (Å²) in [6.45, 7) is 0. The summed E-state index contributed by atoms with van der Waals surface area (Å²) in [5, 5.41) is 0. The molecular formula is C17H24. The van der Waals surface area contributed by atoms with Gasteiger partial charge in [-0.05, 0) is 93.8 Å². The largest absolute Gasteiger partial charge is 0.0847 e. The van der Waals surface area contributed by atoms with E-state index in [1.165, 1.54) is 51.4 Å². The van der Waals surface area contributed by atoms with Gasteiger partial charge in [-0.1, -0.05) is 11.6 Å². The average Bonchev–Trinajstić information content (AvgIpc) is 2.86. The molecule has 17 heavy (non-hydrogen) atoms. The third kappa shape index (κ3) is 1.63. The first-order chi connectivity index (χ1) is 8.43. The lowest BCUT2D eigenvalue weighted by Gasteiger charge is -2.48. The van der Waals surface area contributed by atoms with Gasteiger partial charge in [-0.2, -0.15) is 0 Å². The first-order valence-electron chi connectivity index (χ1n) is 7.77. The molecule has 3 fully saturated rings. The lowest BCUT2D eigenvalue weighted by atomic mass is 9.57. The van der Waals surface area contributed by atoms with Gasteiger partial charge >= 0.3 is 0 Å². The van der Waals surface area contributed by atoms with Crippen LogP contribution in [0.4, 0.5) is 0 Å². The Kier molecular flexibility index (Phi) is 2.59. The van der Waals surface area contributed by atoms with Crippen LogP contribution in [0.25, 0.3) is 0 Å². The van der Waals surface area contributed by atoms with Crippen LogP contribution in [0.1, 0.15) is 51.4 Å². The lowest BCUT2D eigenvalue weighted by Crippen LogP contribution is -2.39. The van der Waals surface area contributed by atoms with E-state index >= 15 is 0 Å². The predicted molar refractivity (Wildman–Crippen MR) is 71.1 cm³/mol. The molecule has 0 nitrogen and oxygen atoms in total. The Hall–Kier alpha value is -0.260. The van der Waals surface area contributed by atoms with Crippen molar-refractivity contribution in [1.29, 1.82) is 0 Å². The van der Waals surface area contributed by atoms with Gasteiger partial charge in [0.1, 0.15) is 0 Å². The van der Waals surface area contributed by atoms with E-state index < -0.39 is 0 Å². The molecule has 4 aliphatic rings. The van der Waals surface area contributed by atoms with Gasteiger partial charge in [0.25, 0.3) is 0 Å². The van der Waals surface area contributed by atoms with E-state index in [1.54, 1.807) is 0 Å². The van der Waals surface area contributed by atoms with Gasteiger partial charge < -0.3 is 0 Å². The van der Waals surface area contributed by atoms with E-state index in [1.807, 2.05) is 5.57 Å². The summed E-state index contributed by atoms with van der Waals surface area (Å²) in [5.74, 6) is 5.18. The number of allylic oxidation sites excluding steroid dienone is 2. The van der Waals surface area contributed by atoms with Gasteiger partial charge in [0.05, 0.1) is 0 Å². The normalized spacial score (nSPS) is 48.9. The highest BCUT2D eigenvalue weighted by Gasteiger charge is 2.46. The van der Waals surface area contributed by atoms with Gasteiger partial charge in [0, 0.05) is 0 Å². The third-order valence-corrected chi connectivity index (χ3v) is 6.16. The van der Waals surface area contributed by atoms with E-state index in [-0.39, 0.29) is 0 Å². The topological polar surface area (TPSA) is 0 Å². The van der Waals surface area contributed by atoms with Crippen LogP contribution >= 0.6 is 0 Å². The van der Waals surface area contributed by atoms with Gasteiger partial charge in [-0.25, -0.2) is 0 Å². The van der Waals surface area contributed by atoms with Crippen molar-refractivity contribution in [3.05, 3.63) is 24.5 Å². The second kappa shape index (κ2) is 4.14. The minimum Gasteiger partial charge on any atom is -0.0847 e. The molecule has 2 radical (unpaired) electrons. The molecule has 5 atom stereocenters. The van der Waals surface area contributed by atoms with Gasteiger partial charge in [0.2, 0.25) is 0 Å². The zero-order valence-electron chi connectivity index (χ0n) is 10.8. The fraction of sp³-hybridized carbons (Fsp3) is 0.765. The molecule has 0 aromatic carbocycles. The maximum atomic E-state index is 2.65. The van der Waals surface area contributed by atoms with Crippen LogP contribution in [0.15, 0.2) is 11.6 Å². The van der Waals surface area contributed by atoms with Gasteiger partial charge in [-0.3, -0.25) is 0 Å². The fourth-order valence-corrected chi connectivity index (χ4v) is 5.43. The molecule has 4 rings (SSSR count). The van der Waals surface area contributed by atoms with Crippen molar-refractivity contribution in [2.45, 2.75) is 51.4 Å². The maximum Gasteiger partial charge on any atom is -0.0172 e. The maximum absolute atomic E-state index is 2.65. The molecule has 0 heteroatoms. The van der Waals surface area contributed by atoms with Crippen LogP contribution in [-0.4, -0.2) is 0 Å². The van der Waals surface area contributed by atoms with Crippen LogP contribution in [0, 0.1) is 42.4 Å². The van der Waals surface area contributed by atoms with Crippen molar-refractivity contribution in [3.63, 3.8) is 0 Å². The average molecular weight is 228 g/mol. The third-order valence-electron chi connectivity index (χ3n) is 6.16. The highest BCUT2D eigenvalue weighted by Crippen LogP contribution is 2.55. The Bertz CT molecular complexity index is 327. The lowest BCUT2D eigenvalue weighted by molar-refractivity contribution is 0.0739. The van der Waals surface area contributed by atoms with Gasteiger partial charge in [-0.15, -0.1) is 0 Å². The second-order valence-electron chi connectivity index (χ2n) is 6.74. The van der Waals surface area contributed by atoms with Crippen LogP contribution < -0.4 is 0 Å². The summed E-state index contributed by atoms with van der Waals surface area (Å²) >= 11 is 0. The summed E-state index contributed by atoms with van der Waals surface area (Å²) in [6, 6.07) is 0. The molecule has 92 valence electrons. The van der Waals surface area contributed by atoms with Gasteiger partial charge in [0.15, 0.2) is 0 Å². The number of hydrogen-bond donors (Lipinski definition) is 0. The van der Waals surface area contributed by atoms with Crippen molar-refractivity contribution in [2.24, 2.45) is 29.6 Å². The SMILES string of the molecule is [CH]1CCC2C(=CCC3C4CC[CH]C4CCC23)C1. The highest BCUT2D eigenvalue weighted by atomic mass is 14.5. The standard InChI is InChI=1S/C17H24/c1-2-6-14-12(4-1)8-10-17-15-7-3-5-13(15)9-11-16(14)17/h1,5,8,13-17H,2-4,6-7,9-11H2. The monoisotopic (exact) mass is 228 g/mol. The van der Waals surface area contributed by atoms with Crippen LogP contribution in [-0.2, 0) is 0 Å². The molecule has 0 aliphatic heterocycles. The quantitative estimate of drug-likeness (QED) is 0.532. The van der Waals surface area contributed by atoms with Crippen LogP contribution in [0.3, 0.4) is 0 Å². The fourth-order valence-electron chi connectivity index (χ4n) is 5.43. The molecule has 0 bridgehead atoms. The van der Waals surface area contributed by atoms with Crippen molar-refractivity contribution >= 4 is 0 Å². The summed E-state index contributed by atoms with van der Waals surface area (Å²) < 4.78 is 0. The van der Waals surface area contributed by atoms with E-state index in [0.717, 1.165) is 29.6 Å². The minimum atomic E-state index is 0.986. The van der Waals surface area contributed by atoms with Crippen LogP contribution in [0.2, 0.25) is 0 Å².